The van der Waals surface area contributed by atoms with Crippen LogP contribution >= 0.6 is 34.8 Å². The van der Waals surface area contributed by atoms with Gasteiger partial charge in [-0.25, -0.2) is 0 Å². The second-order valence-electron chi connectivity index (χ2n) is 3.88. The fourth-order valence-electron chi connectivity index (χ4n) is 1.51. The quantitative estimate of drug-likeness (QED) is 0.652. The number of thiocarbonyl (C=S) groups is 1. The van der Waals surface area contributed by atoms with Crippen LogP contribution in [-0.2, 0) is 4.79 Å². The van der Waals surface area contributed by atoms with E-state index in [0.717, 1.165) is 22.1 Å². The van der Waals surface area contributed by atoms with Crippen LogP contribution in [0.15, 0.2) is 24.3 Å². The number of para-hydroxylation sites is 1. The van der Waals surface area contributed by atoms with Gasteiger partial charge in [0.2, 0.25) is 5.91 Å². The third kappa shape index (κ3) is 2.06. The van der Waals surface area contributed by atoms with Crippen molar-refractivity contribution in [3.63, 3.8) is 0 Å². The molecule has 3 N–H and O–H groups in total. The SMILES string of the molecule is NC(=S)C1(C(=O)Nc2ccccc2I)CC1. The molecular weight excluding hydrogens is 335 g/mol. The first kappa shape index (κ1) is 11.8. The zero-order chi connectivity index (χ0) is 11.8. The molecule has 0 unspecified atom stereocenters. The molecule has 0 atom stereocenters. The molecule has 0 aliphatic heterocycles. The Kier molecular flexibility index (Phi) is 3.16. The topological polar surface area (TPSA) is 55.1 Å². The fraction of sp³-hybridized carbons (Fsp3) is 0.273. The van der Waals surface area contributed by atoms with Crippen LogP contribution in [0.1, 0.15) is 12.8 Å². The molecule has 84 valence electrons. The monoisotopic (exact) mass is 346 g/mol. The average Bonchev–Trinajstić information content (AvgIpc) is 3.02. The predicted molar refractivity (Wildman–Crippen MR) is 76.2 cm³/mol. The molecule has 1 saturated carbocycles. The van der Waals surface area contributed by atoms with Crippen LogP contribution in [0.25, 0.3) is 0 Å². The summed E-state index contributed by atoms with van der Waals surface area (Å²) in [7, 11) is 0. The normalized spacial score (nSPS) is 16.6. The molecule has 0 bridgehead atoms. The van der Waals surface area contributed by atoms with Crippen molar-refractivity contribution < 1.29 is 4.79 Å². The molecule has 0 saturated heterocycles. The van der Waals surface area contributed by atoms with Crippen molar-refractivity contribution in [2.75, 3.05) is 5.32 Å². The van der Waals surface area contributed by atoms with Gasteiger partial charge in [-0.05, 0) is 47.6 Å². The molecule has 1 fully saturated rings. The summed E-state index contributed by atoms with van der Waals surface area (Å²) in [5, 5.41) is 2.88. The lowest BCUT2D eigenvalue weighted by molar-refractivity contribution is -0.118. The number of amides is 1. The molecule has 1 aromatic carbocycles. The van der Waals surface area contributed by atoms with Gasteiger partial charge in [0.1, 0.15) is 0 Å². The van der Waals surface area contributed by atoms with Gasteiger partial charge in [0, 0.05) is 3.57 Å². The minimum atomic E-state index is -0.589. The van der Waals surface area contributed by atoms with Gasteiger partial charge >= 0.3 is 0 Å². The molecule has 0 spiro atoms. The molecule has 2 rings (SSSR count). The van der Waals surface area contributed by atoms with Crippen molar-refractivity contribution in [1.82, 2.24) is 0 Å². The van der Waals surface area contributed by atoms with E-state index in [1.54, 1.807) is 0 Å². The van der Waals surface area contributed by atoms with Crippen molar-refractivity contribution in [3.8, 4) is 0 Å². The Balaban J connectivity index is 2.15. The van der Waals surface area contributed by atoms with Crippen LogP contribution < -0.4 is 11.1 Å². The largest absolute Gasteiger partial charge is 0.392 e. The number of halogens is 1. The molecule has 1 amide bonds. The molecule has 0 radical (unpaired) electrons. The van der Waals surface area contributed by atoms with E-state index < -0.39 is 5.41 Å². The summed E-state index contributed by atoms with van der Waals surface area (Å²) in [4.78, 5) is 12.3. The van der Waals surface area contributed by atoms with E-state index in [9.17, 15) is 4.79 Å². The smallest absolute Gasteiger partial charge is 0.237 e. The van der Waals surface area contributed by atoms with E-state index in [0.29, 0.717) is 4.99 Å². The lowest BCUT2D eigenvalue weighted by Gasteiger charge is -2.14. The number of hydrogen-bond donors (Lipinski definition) is 2. The lowest BCUT2D eigenvalue weighted by Crippen LogP contribution is -2.35. The highest BCUT2D eigenvalue weighted by molar-refractivity contribution is 14.1. The highest BCUT2D eigenvalue weighted by Crippen LogP contribution is 2.46. The summed E-state index contributed by atoms with van der Waals surface area (Å²) in [5.41, 5.74) is 5.82. The number of hydrogen-bond acceptors (Lipinski definition) is 2. The number of anilines is 1. The number of carbonyl (C=O) groups is 1. The number of nitrogens with two attached hydrogens (primary N) is 1. The maximum atomic E-state index is 12.0. The molecule has 16 heavy (non-hydrogen) atoms. The summed E-state index contributed by atoms with van der Waals surface area (Å²) in [6.07, 6.45) is 1.52. The first-order valence-corrected chi connectivity index (χ1v) is 6.41. The molecule has 5 heteroatoms. The van der Waals surface area contributed by atoms with Crippen molar-refractivity contribution in [2.24, 2.45) is 11.1 Å². The van der Waals surface area contributed by atoms with E-state index >= 15 is 0 Å². The summed E-state index contributed by atoms with van der Waals surface area (Å²) < 4.78 is 1.01. The van der Waals surface area contributed by atoms with Gasteiger partial charge in [-0.1, -0.05) is 24.4 Å². The van der Waals surface area contributed by atoms with Gasteiger partial charge in [-0.15, -0.1) is 0 Å². The number of rotatable bonds is 3. The minimum Gasteiger partial charge on any atom is -0.392 e. The lowest BCUT2D eigenvalue weighted by atomic mass is 10.1. The Labute approximate surface area is 113 Å². The van der Waals surface area contributed by atoms with Crippen LogP contribution in [0, 0.1) is 8.99 Å². The fourth-order valence-corrected chi connectivity index (χ4v) is 2.33. The second-order valence-corrected chi connectivity index (χ2v) is 5.48. The second kappa shape index (κ2) is 4.29. The maximum Gasteiger partial charge on any atom is 0.237 e. The van der Waals surface area contributed by atoms with E-state index in [1.165, 1.54) is 0 Å². The van der Waals surface area contributed by atoms with Crippen molar-refractivity contribution in [2.45, 2.75) is 12.8 Å². The standard InChI is InChI=1S/C11H11IN2OS/c12-7-3-1-2-4-8(7)14-10(15)11(5-6-11)9(13)16/h1-4H,5-6H2,(H2,13,16)(H,14,15). The highest BCUT2D eigenvalue weighted by atomic mass is 127. The molecule has 1 aliphatic carbocycles. The van der Waals surface area contributed by atoms with Crippen molar-refractivity contribution in [1.29, 1.82) is 0 Å². The summed E-state index contributed by atoms with van der Waals surface area (Å²) in [5.74, 6) is -0.0795. The van der Waals surface area contributed by atoms with Gasteiger partial charge in [0.05, 0.1) is 16.1 Å². The molecule has 1 aliphatic rings. The van der Waals surface area contributed by atoms with E-state index in [1.807, 2.05) is 24.3 Å². The number of carbonyl (C=O) groups excluding carboxylic acids is 1. The average molecular weight is 346 g/mol. The van der Waals surface area contributed by atoms with Gasteiger partial charge in [-0.2, -0.15) is 0 Å². The highest BCUT2D eigenvalue weighted by Gasteiger charge is 2.52. The zero-order valence-electron chi connectivity index (χ0n) is 8.50. The van der Waals surface area contributed by atoms with Gasteiger partial charge in [0.15, 0.2) is 0 Å². The summed E-state index contributed by atoms with van der Waals surface area (Å²) >= 11 is 7.12. The zero-order valence-corrected chi connectivity index (χ0v) is 11.5. The minimum absolute atomic E-state index is 0.0795. The van der Waals surface area contributed by atoms with Gasteiger partial charge in [-0.3, -0.25) is 4.79 Å². The predicted octanol–water partition coefficient (Wildman–Crippen LogP) is 2.30. The number of benzene rings is 1. The molecule has 1 aromatic rings. The first-order chi connectivity index (χ1) is 7.56. The van der Waals surface area contributed by atoms with Crippen LogP contribution in [0.3, 0.4) is 0 Å². The Morgan fingerprint density at radius 2 is 2.06 bits per heavy atom. The van der Waals surface area contributed by atoms with Crippen LogP contribution in [-0.4, -0.2) is 10.9 Å². The van der Waals surface area contributed by atoms with Crippen LogP contribution in [0.2, 0.25) is 0 Å². The van der Waals surface area contributed by atoms with Gasteiger partial charge in [0.25, 0.3) is 0 Å². The Morgan fingerprint density at radius 3 is 2.56 bits per heavy atom. The van der Waals surface area contributed by atoms with Crippen LogP contribution in [0.5, 0.6) is 0 Å². The molecule has 3 nitrogen and oxygen atoms in total. The Bertz CT molecular complexity index is 457. The maximum absolute atomic E-state index is 12.0. The Morgan fingerprint density at radius 1 is 1.44 bits per heavy atom. The first-order valence-electron chi connectivity index (χ1n) is 4.92. The van der Waals surface area contributed by atoms with Gasteiger partial charge < -0.3 is 11.1 Å². The van der Waals surface area contributed by atoms with E-state index in [2.05, 4.69) is 27.9 Å². The van der Waals surface area contributed by atoms with Crippen molar-refractivity contribution >= 4 is 51.4 Å². The molecular formula is C11H11IN2OS. The third-order valence-corrected chi connectivity index (χ3v) is 4.11. The molecule has 0 heterocycles. The van der Waals surface area contributed by atoms with E-state index in [-0.39, 0.29) is 5.91 Å². The number of nitrogens with one attached hydrogen (secondary N) is 1. The summed E-state index contributed by atoms with van der Waals surface area (Å²) in [6.45, 7) is 0. The van der Waals surface area contributed by atoms with E-state index in [4.69, 9.17) is 18.0 Å². The Hall–Kier alpha value is -0.690. The molecule has 0 aromatic heterocycles. The van der Waals surface area contributed by atoms with Crippen molar-refractivity contribution in [3.05, 3.63) is 27.8 Å². The third-order valence-electron chi connectivity index (χ3n) is 2.78. The van der Waals surface area contributed by atoms with Crippen LogP contribution in [0.4, 0.5) is 5.69 Å². The summed E-state index contributed by atoms with van der Waals surface area (Å²) in [6, 6.07) is 7.63.